The first-order valence-electron chi connectivity index (χ1n) is 6.74. The first-order chi connectivity index (χ1) is 9.29. The van der Waals surface area contributed by atoms with Gasteiger partial charge in [0.1, 0.15) is 5.82 Å². The van der Waals surface area contributed by atoms with Crippen LogP contribution in [0, 0.1) is 0 Å². The van der Waals surface area contributed by atoms with E-state index in [0.717, 1.165) is 23.8 Å². The summed E-state index contributed by atoms with van der Waals surface area (Å²) in [5.41, 5.74) is 1.53. The summed E-state index contributed by atoms with van der Waals surface area (Å²) in [6, 6.07) is 3.71. The van der Waals surface area contributed by atoms with Crippen LogP contribution in [0.3, 0.4) is 0 Å². The van der Waals surface area contributed by atoms with Crippen molar-refractivity contribution in [3.8, 4) is 0 Å². The predicted octanol–water partition coefficient (Wildman–Crippen LogP) is 2.86. The second-order valence-electron chi connectivity index (χ2n) is 5.85. The molecule has 0 aliphatic rings. The van der Waals surface area contributed by atoms with E-state index in [0.29, 0.717) is 5.56 Å². The highest BCUT2D eigenvalue weighted by molar-refractivity contribution is 7.98. The number of rotatable bonds is 5. The minimum atomic E-state index is -0.0836. The van der Waals surface area contributed by atoms with Crippen LogP contribution < -0.4 is 5.32 Å². The number of hydrogen-bond donors (Lipinski definition) is 1. The fraction of sp³-hybridized carbons (Fsp3) is 0.600. The SMILES string of the molecule is CNc1cc(C(=O)N(C)CCSC)cc(C(C)(C)C)n1. The maximum absolute atomic E-state index is 12.5. The predicted molar refractivity (Wildman–Crippen MR) is 87.8 cm³/mol. The van der Waals surface area contributed by atoms with Gasteiger partial charge in [-0.25, -0.2) is 4.98 Å². The molecule has 112 valence electrons. The van der Waals surface area contributed by atoms with Crippen LogP contribution in [-0.4, -0.2) is 48.4 Å². The third-order valence-corrected chi connectivity index (χ3v) is 3.67. The first-order valence-corrected chi connectivity index (χ1v) is 8.13. The lowest BCUT2D eigenvalue weighted by molar-refractivity contribution is 0.0803. The maximum atomic E-state index is 12.5. The van der Waals surface area contributed by atoms with E-state index >= 15 is 0 Å². The number of nitrogens with zero attached hydrogens (tertiary/aromatic N) is 2. The molecule has 0 saturated carbocycles. The van der Waals surface area contributed by atoms with E-state index in [9.17, 15) is 4.79 Å². The summed E-state index contributed by atoms with van der Waals surface area (Å²) in [5.74, 6) is 1.72. The van der Waals surface area contributed by atoms with Crippen LogP contribution in [0.2, 0.25) is 0 Å². The molecule has 0 aliphatic carbocycles. The highest BCUT2D eigenvalue weighted by atomic mass is 32.2. The van der Waals surface area contributed by atoms with Gasteiger partial charge in [-0.2, -0.15) is 11.8 Å². The molecule has 1 amide bonds. The Balaban J connectivity index is 3.08. The molecule has 20 heavy (non-hydrogen) atoms. The Morgan fingerprint density at radius 1 is 1.40 bits per heavy atom. The van der Waals surface area contributed by atoms with E-state index in [2.05, 4.69) is 31.1 Å². The van der Waals surface area contributed by atoms with Gasteiger partial charge in [-0.1, -0.05) is 20.8 Å². The standard InChI is InChI=1S/C15H25N3OS/c1-15(2,3)12-9-11(10-13(16-4)17-12)14(19)18(5)7-8-20-6/h9-10H,7-8H2,1-6H3,(H,16,17). The van der Waals surface area contributed by atoms with Crippen molar-refractivity contribution >= 4 is 23.5 Å². The number of amides is 1. The maximum Gasteiger partial charge on any atom is 0.253 e. The Labute approximate surface area is 126 Å². The fourth-order valence-corrected chi connectivity index (χ4v) is 2.17. The molecule has 0 spiro atoms. The van der Waals surface area contributed by atoms with Gasteiger partial charge < -0.3 is 10.2 Å². The van der Waals surface area contributed by atoms with Crippen LogP contribution >= 0.6 is 11.8 Å². The molecule has 4 nitrogen and oxygen atoms in total. The lowest BCUT2D eigenvalue weighted by Gasteiger charge is -2.21. The summed E-state index contributed by atoms with van der Waals surface area (Å²) >= 11 is 1.74. The smallest absolute Gasteiger partial charge is 0.253 e. The molecule has 1 aromatic rings. The summed E-state index contributed by atoms with van der Waals surface area (Å²) in [6.07, 6.45) is 2.04. The van der Waals surface area contributed by atoms with Gasteiger partial charge in [0.15, 0.2) is 0 Å². The number of hydrogen-bond acceptors (Lipinski definition) is 4. The monoisotopic (exact) mass is 295 g/mol. The third kappa shape index (κ3) is 4.40. The van der Waals surface area contributed by atoms with Gasteiger partial charge in [0.2, 0.25) is 0 Å². The lowest BCUT2D eigenvalue weighted by Crippen LogP contribution is -2.29. The Bertz CT molecular complexity index is 469. The van der Waals surface area contributed by atoms with Gasteiger partial charge in [0, 0.05) is 43.1 Å². The number of carbonyl (C=O) groups excluding carboxylic acids is 1. The second-order valence-corrected chi connectivity index (χ2v) is 6.83. The summed E-state index contributed by atoms with van der Waals surface area (Å²) in [7, 11) is 3.66. The van der Waals surface area contributed by atoms with Crippen LogP contribution in [-0.2, 0) is 5.41 Å². The molecular weight excluding hydrogens is 270 g/mol. The average Bonchev–Trinajstić information content (AvgIpc) is 2.42. The molecule has 0 radical (unpaired) electrons. The molecule has 0 fully saturated rings. The van der Waals surface area contributed by atoms with Crippen molar-refractivity contribution < 1.29 is 4.79 Å². The Kier molecular flexibility index (Phi) is 5.87. The Hall–Kier alpha value is -1.23. The Morgan fingerprint density at radius 2 is 2.05 bits per heavy atom. The van der Waals surface area contributed by atoms with Crippen LogP contribution in [0.1, 0.15) is 36.8 Å². The van der Waals surface area contributed by atoms with Crippen LogP contribution in [0.4, 0.5) is 5.82 Å². The summed E-state index contributed by atoms with van der Waals surface area (Å²) in [5, 5.41) is 3.03. The molecule has 1 rings (SSSR count). The van der Waals surface area contributed by atoms with Crippen molar-refractivity contribution in [3.63, 3.8) is 0 Å². The van der Waals surface area contributed by atoms with Gasteiger partial charge in [0.25, 0.3) is 5.91 Å². The number of aromatic nitrogens is 1. The van der Waals surface area contributed by atoms with Gasteiger partial charge in [-0.3, -0.25) is 4.79 Å². The summed E-state index contributed by atoms with van der Waals surface area (Å²) in [4.78, 5) is 18.8. The molecule has 0 atom stereocenters. The number of carbonyl (C=O) groups is 1. The van der Waals surface area contributed by atoms with Crippen molar-refractivity contribution in [3.05, 3.63) is 23.4 Å². The van der Waals surface area contributed by atoms with Crippen molar-refractivity contribution in [2.45, 2.75) is 26.2 Å². The van der Waals surface area contributed by atoms with Gasteiger partial charge >= 0.3 is 0 Å². The van der Waals surface area contributed by atoms with Crippen molar-refractivity contribution in [1.29, 1.82) is 0 Å². The Morgan fingerprint density at radius 3 is 2.55 bits per heavy atom. The zero-order valence-corrected chi connectivity index (χ0v) is 14.1. The normalized spacial score (nSPS) is 11.3. The van der Waals surface area contributed by atoms with E-state index in [1.807, 2.05) is 32.5 Å². The molecule has 0 saturated heterocycles. The third-order valence-electron chi connectivity index (χ3n) is 3.07. The van der Waals surface area contributed by atoms with E-state index < -0.39 is 0 Å². The molecule has 0 unspecified atom stereocenters. The van der Waals surface area contributed by atoms with Gasteiger partial charge in [-0.15, -0.1) is 0 Å². The van der Waals surface area contributed by atoms with Crippen LogP contribution in [0.15, 0.2) is 12.1 Å². The summed E-state index contributed by atoms with van der Waals surface area (Å²) < 4.78 is 0. The lowest BCUT2D eigenvalue weighted by atomic mass is 9.90. The number of pyridine rings is 1. The average molecular weight is 295 g/mol. The van der Waals surface area contributed by atoms with Gasteiger partial charge in [0.05, 0.1) is 0 Å². The molecule has 1 heterocycles. The topological polar surface area (TPSA) is 45.2 Å². The minimum Gasteiger partial charge on any atom is -0.373 e. The van der Waals surface area contributed by atoms with E-state index in [1.165, 1.54) is 0 Å². The fourth-order valence-electron chi connectivity index (χ4n) is 1.72. The minimum absolute atomic E-state index is 0.0449. The number of anilines is 1. The van der Waals surface area contributed by atoms with Crippen molar-refractivity contribution in [2.75, 3.05) is 38.0 Å². The highest BCUT2D eigenvalue weighted by Gasteiger charge is 2.20. The van der Waals surface area contributed by atoms with Crippen LogP contribution in [0.25, 0.3) is 0 Å². The highest BCUT2D eigenvalue weighted by Crippen LogP contribution is 2.23. The quantitative estimate of drug-likeness (QED) is 0.907. The zero-order chi connectivity index (χ0) is 15.3. The van der Waals surface area contributed by atoms with E-state index in [1.54, 1.807) is 16.7 Å². The molecule has 1 aromatic heterocycles. The molecule has 5 heteroatoms. The first kappa shape index (κ1) is 16.8. The zero-order valence-electron chi connectivity index (χ0n) is 13.3. The molecule has 0 aliphatic heterocycles. The van der Waals surface area contributed by atoms with Crippen molar-refractivity contribution in [1.82, 2.24) is 9.88 Å². The molecule has 1 N–H and O–H groups in total. The molecule has 0 bridgehead atoms. The van der Waals surface area contributed by atoms with Crippen molar-refractivity contribution in [2.24, 2.45) is 0 Å². The van der Waals surface area contributed by atoms with Crippen LogP contribution in [0.5, 0.6) is 0 Å². The second kappa shape index (κ2) is 6.97. The van der Waals surface area contributed by atoms with E-state index in [-0.39, 0.29) is 11.3 Å². The van der Waals surface area contributed by atoms with E-state index in [4.69, 9.17) is 0 Å². The summed E-state index contributed by atoms with van der Waals surface area (Å²) in [6.45, 7) is 7.05. The molecular formula is C15H25N3OS. The largest absolute Gasteiger partial charge is 0.373 e. The number of thioether (sulfide) groups is 1. The molecule has 0 aromatic carbocycles. The van der Waals surface area contributed by atoms with Gasteiger partial charge in [-0.05, 0) is 18.4 Å². The number of nitrogens with one attached hydrogen (secondary N) is 1.